The Morgan fingerprint density at radius 3 is 2.60 bits per heavy atom. The second kappa shape index (κ2) is 14.1. The Morgan fingerprint density at radius 1 is 1.09 bits per heavy atom. The number of hydrogen-bond acceptors (Lipinski definition) is 7. The highest BCUT2D eigenvalue weighted by molar-refractivity contribution is 6.00. The second-order valence-electron chi connectivity index (χ2n) is 11.5. The molecule has 2 aromatic carbocycles. The van der Waals surface area contributed by atoms with E-state index in [1.807, 2.05) is 37.3 Å². The smallest absolute Gasteiger partial charge is 0.272 e. The van der Waals surface area contributed by atoms with Gasteiger partial charge in [0.25, 0.3) is 17.7 Å². The lowest BCUT2D eigenvalue weighted by atomic mass is 10.00. The van der Waals surface area contributed by atoms with E-state index in [1.165, 1.54) is 12.3 Å². The molecule has 1 aliphatic heterocycles. The predicted octanol–water partition coefficient (Wildman–Crippen LogP) is 4.96. The Morgan fingerprint density at radius 2 is 1.87 bits per heavy atom. The van der Waals surface area contributed by atoms with Crippen LogP contribution in [-0.2, 0) is 18.9 Å². The molecule has 3 unspecified atom stereocenters. The van der Waals surface area contributed by atoms with Crippen LogP contribution in [-0.4, -0.2) is 57.0 Å². The molecule has 3 heterocycles. The first-order valence-electron chi connectivity index (χ1n) is 15.0. The summed E-state index contributed by atoms with van der Waals surface area (Å²) in [5.74, 6) is -3.16. The van der Waals surface area contributed by atoms with Gasteiger partial charge < -0.3 is 25.1 Å². The number of amides is 2. The summed E-state index contributed by atoms with van der Waals surface area (Å²) in [6.45, 7) is 3.49. The molecule has 5 rings (SSSR count). The lowest BCUT2D eigenvalue weighted by molar-refractivity contribution is 0.0170. The molecule has 4 aromatic rings. The van der Waals surface area contributed by atoms with E-state index < -0.39 is 24.0 Å². The number of nitrogens with zero attached hydrogens (tertiary/aromatic N) is 3. The van der Waals surface area contributed by atoms with Gasteiger partial charge in [-0.25, -0.2) is 13.8 Å². The van der Waals surface area contributed by atoms with Gasteiger partial charge in [-0.05, 0) is 61.6 Å². The van der Waals surface area contributed by atoms with Crippen LogP contribution in [0.5, 0.6) is 0 Å². The number of aliphatic hydroxyl groups is 1. The van der Waals surface area contributed by atoms with E-state index in [0.29, 0.717) is 30.0 Å². The Bertz CT molecular complexity index is 1610. The van der Waals surface area contributed by atoms with E-state index in [0.717, 1.165) is 37.2 Å². The van der Waals surface area contributed by atoms with E-state index in [2.05, 4.69) is 20.6 Å². The molecule has 3 atom stereocenters. The quantitative estimate of drug-likeness (QED) is 0.206. The topological polar surface area (TPSA) is 121 Å². The minimum Gasteiger partial charge on any atom is -0.446 e. The van der Waals surface area contributed by atoms with Crippen LogP contribution in [0.4, 0.5) is 8.78 Å². The molecule has 11 heteroatoms. The third-order valence-electron chi connectivity index (χ3n) is 7.87. The zero-order valence-corrected chi connectivity index (χ0v) is 25.2. The fourth-order valence-corrected chi connectivity index (χ4v) is 5.49. The average molecular weight is 618 g/mol. The van der Waals surface area contributed by atoms with Gasteiger partial charge in [-0.2, -0.15) is 0 Å². The number of aromatic nitrogens is 2. The molecule has 9 nitrogen and oxygen atoms in total. The van der Waals surface area contributed by atoms with Gasteiger partial charge in [0.15, 0.2) is 0 Å². The van der Waals surface area contributed by atoms with Crippen molar-refractivity contribution < 1.29 is 27.9 Å². The molecule has 1 fully saturated rings. The molecule has 0 saturated carbocycles. The molecule has 3 N–H and O–H groups in total. The van der Waals surface area contributed by atoms with Gasteiger partial charge in [-0.15, -0.1) is 0 Å². The molecule has 2 aromatic heterocycles. The van der Waals surface area contributed by atoms with Crippen LogP contribution in [0.1, 0.15) is 74.8 Å². The molecule has 0 spiro atoms. The van der Waals surface area contributed by atoms with Crippen LogP contribution in [0.25, 0.3) is 0 Å². The highest BCUT2D eigenvalue weighted by Crippen LogP contribution is 2.33. The molecule has 1 aliphatic rings. The summed E-state index contributed by atoms with van der Waals surface area (Å²) < 4.78 is 33.0. The number of halogens is 2. The van der Waals surface area contributed by atoms with Crippen LogP contribution in [0.2, 0.25) is 0 Å². The Hall–Kier alpha value is -4.48. The number of likely N-dealkylation sites (tertiary alicyclic amines) is 1. The number of carbonyl (C=O) groups is 2. The van der Waals surface area contributed by atoms with Crippen molar-refractivity contribution in [3.63, 3.8) is 0 Å². The van der Waals surface area contributed by atoms with Crippen molar-refractivity contribution in [1.29, 1.82) is 0 Å². The third-order valence-corrected chi connectivity index (χ3v) is 7.87. The molecule has 236 valence electrons. The van der Waals surface area contributed by atoms with Crippen LogP contribution >= 0.6 is 0 Å². The van der Waals surface area contributed by atoms with Gasteiger partial charge in [0.2, 0.25) is 5.89 Å². The Labute approximate surface area is 260 Å². The predicted molar refractivity (Wildman–Crippen MR) is 164 cm³/mol. The van der Waals surface area contributed by atoms with E-state index in [-0.39, 0.29) is 36.2 Å². The zero-order chi connectivity index (χ0) is 32.0. The highest BCUT2D eigenvalue weighted by Gasteiger charge is 2.34. The number of oxazole rings is 1. The molecule has 0 radical (unpaired) electrons. The summed E-state index contributed by atoms with van der Waals surface area (Å²) in [5.41, 5.74) is 2.67. The number of aryl methyl sites for hydroxylation is 1. The fourth-order valence-electron chi connectivity index (χ4n) is 5.49. The number of benzene rings is 2. The number of alkyl halides is 2. The maximum absolute atomic E-state index is 13.7. The number of pyridine rings is 1. The SMILES string of the molecule is Cc1coc(C2CCCN2C(=O)c2cccc(C(=O)NC(Cc3ccccc3)C(O)CNCc3cncc(C(C)(F)F)c3)c2)n1. The maximum atomic E-state index is 13.7. The van der Waals surface area contributed by atoms with Crippen LogP contribution < -0.4 is 10.6 Å². The normalized spacial score (nSPS) is 16.4. The number of rotatable bonds is 12. The summed E-state index contributed by atoms with van der Waals surface area (Å²) in [6.07, 6.45) is 5.08. The molecule has 45 heavy (non-hydrogen) atoms. The Kier molecular flexibility index (Phi) is 9.99. The standard InChI is InChI=1S/C34H37F2N5O4/c1-22-21-45-32(39-22)29-12-7-13-41(29)33(44)26-11-6-10-25(16-26)31(43)40-28(15-23-8-4-3-5-9-23)30(42)20-38-18-24-14-27(19-37-17-24)34(2,35)36/h3-6,8-11,14,16-17,19,21,28-30,38,42H,7,12-13,15,18,20H2,1-2H3,(H,40,43). The van der Waals surface area contributed by atoms with E-state index >= 15 is 0 Å². The highest BCUT2D eigenvalue weighted by atomic mass is 19.3. The lowest BCUT2D eigenvalue weighted by Gasteiger charge is -2.25. The van der Waals surface area contributed by atoms with Gasteiger partial charge in [0.05, 0.1) is 17.8 Å². The monoisotopic (exact) mass is 617 g/mol. The van der Waals surface area contributed by atoms with Crippen molar-refractivity contribution in [3.05, 3.63) is 119 Å². The summed E-state index contributed by atoms with van der Waals surface area (Å²) in [6, 6.07) is 16.4. The van der Waals surface area contributed by atoms with Gasteiger partial charge >= 0.3 is 0 Å². The first-order valence-corrected chi connectivity index (χ1v) is 15.0. The van der Waals surface area contributed by atoms with Crippen LogP contribution in [0.3, 0.4) is 0 Å². The summed E-state index contributed by atoms with van der Waals surface area (Å²) in [4.78, 5) is 37.1. The van der Waals surface area contributed by atoms with Crippen molar-refractivity contribution in [3.8, 4) is 0 Å². The van der Waals surface area contributed by atoms with Crippen molar-refractivity contribution in [2.45, 2.75) is 63.8 Å². The minimum absolute atomic E-state index is 0.0830. The molecular weight excluding hydrogens is 580 g/mol. The third kappa shape index (κ3) is 8.17. The van der Waals surface area contributed by atoms with E-state index in [9.17, 15) is 23.5 Å². The largest absolute Gasteiger partial charge is 0.446 e. The number of nitrogens with one attached hydrogen (secondary N) is 2. The van der Waals surface area contributed by atoms with Crippen LogP contribution in [0.15, 0.2) is 83.7 Å². The van der Waals surface area contributed by atoms with Gasteiger partial charge in [0.1, 0.15) is 12.3 Å². The lowest BCUT2D eigenvalue weighted by Crippen LogP contribution is -2.48. The molecule has 2 amide bonds. The fraction of sp³-hybridized carbons (Fsp3) is 0.353. The van der Waals surface area contributed by atoms with Crippen molar-refractivity contribution >= 4 is 11.8 Å². The summed E-state index contributed by atoms with van der Waals surface area (Å²) in [5, 5.41) is 17.2. The van der Waals surface area contributed by atoms with E-state index in [1.54, 1.807) is 35.4 Å². The number of aliphatic hydroxyl groups excluding tert-OH is 1. The summed E-state index contributed by atoms with van der Waals surface area (Å²) >= 11 is 0. The first-order chi connectivity index (χ1) is 21.6. The van der Waals surface area contributed by atoms with Crippen molar-refractivity contribution in [2.75, 3.05) is 13.1 Å². The Balaban J connectivity index is 1.26. The average Bonchev–Trinajstić information content (AvgIpc) is 3.70. The molecule has 1 saturated heterocycles. The van der Waals surface area contributed by atoms with Gasteiger partial charge in [0, 0.05) is 55.6 Å². The van der Waals surface area contributed by atoms with Crippen molar-refractivity contribution in [1.82, 2.24) is 25.5 Å². The molecule has 0 bridgehead atoms. The summed E-state index contributed by atoms with van der Waals surface area (Å²) in [7, 11) is 0. The first kappa shape index (κ1) is 31.9. The maximum Gasteiger partial charge on any atom is 0.272 e. The number of hydrogen-bond donors (Lipinski definition) is 3. The molecule has 0 aliphatic carbocycles. The van der Waals surface area contributed by atoms with Gasteiger partial charge in [-0.3, -0.25) is 14.6 Å². The molecular formula is C34H37F2N5O4. The zero-order valence-electron chi connectivity index (χ0n) is 25.2. The van der Waals surface area contributed by atoms with Gasteiger partial charge in [-0.1, -0.05) is 36.4 Å². The number of carbonyl (C=O) groups excluding carboxylic acids is 2. The van der Waals surface area contributed by atoms with Crippen molar-refractivity contribution in [2.24, 2.45) is 0 Å². The van der Waals surface area contributed by atoms with Crippen LogP contribution in [0, 0.1) is 6.92 Å². The van der Waals surface area contributed by atoms with E-state index in [4.69, 9.17) is 4.42 Å². The minimum atomic E-state index is -3.01. The second-order valence-corrected chi connectivity index (χ2v) is 11.5.